The summed E-state index contributed by atoms with van der Waals surface area (Å²) in [5, 5.41) is 0. The molecule has 2 aliphatic rings. The van der Waals surface area contributed by atoms with Crippen molar-refractivity contribution in [2.75, 3.05) is 0 Å². The Balaban J connectivity index is 1.15. The third-order valence-corrected chi connectivity index (χ3v) is 14.3. The molecule has 0 amide bonds. The molecule has 0 bridgehead atoms. The zero-order valence-corrected chi connectivity index (χ0v) is 34.3. The van der Waals surface area contributed by atoms with Gasteiger partial charge in [0.25, 0.3) is 0 Å². The van der Waals surface area contributed by atoms with E-state index in [1.807, 2.05) is 0 Å². The van der Waals surface area contributed by atoms with Gasteiger partial charge in [-0.2, -0.15) is 0 Å². The van der Waals surface area contributed by atoms with E-state index in [9.17, 15) is 0 Å². The average Bonchev–Trinajstić information content (AvgIpc) is 3.93. The van der Waals surface area contributed by atoms with Crippen molar-refractivity contribution in [3.63, 3.8) is 0 Å². The van der Waals surface area contributed by atoms with E-state index in [-0.39, 0.29) is 35.3 Å². The number of hydrogen-bond donors (Lipinski definition) is 0. The van der Waals surface area contributed by atoms with Gasteiger partial charge in [-0.15, -0.1) is 0 Å². The number of unbranched alkanes of at least 4 members (excludes halogenated alkanes) is 18. The van der Waals surface area contributed by atoms with Crippen molar-refractivity contribution in [2.24, 2.45) is 0 Å². The number of aromatic nitrogens is 4. The average molecular weight is 801 g/mol. The van der Waals surface area contributed by atoms with Gasteiger partial charge in [0.2, 0.25) is 0 Å². The summed E-state index contributed by atoms with van der Waals surface area (Å²) in [4.78, 5) is 0. The molecule has 2 aromatic heterocycles. The van der Waals surface area contributed by atoms with Crippen molar-refractivity contribution in [1.82, 2.24) is 15.9 Å². The van der Waals surface area contributed by atoms with Crippen LogP contribution in [0.15, 0.2) is 36.4 Å². The molecule has 4 nitrogen and oxygen atoms in total. The molecule has 50 heavy (non-hydrogen) atoms. The molecule has 0 aliphatic heterocycles. The summed E-state index contributed by atoms with van der Waals surface area (Å²) in [6.07, 6.45) is 31.1. The Morgan fingerprint density at radius 3 is 1.54 bits per heavy atom. The number of fused-ring (bicyclic) bond motifs is 10. The van der Waals surface area contributed by atoms with Crippen LogP contribution in [0.25, 0.3) is 44.3 Å². The maximum absolute atomic E-state index is 5.10. The van der Waals surface area contributed by atoms with E-state index in [1.54, 1.807) is 11.1 Å². The Bertz CT molecular complexity index is 1830. The van der Waals surface area contributed by atoms with E-state index in [0.717, 1.165) is 23.0 Å². The molecule has 2 aliphatic carbocycles. The molecular formula is C44H58N4Se2. The van der Waals surface area contributed by atoms with Crippen molar-refractivity contribution in [3.8, 4) is 22.3 Å². The molecule has 5 aromatic rings. The number of nitrogens with zero attached hydrogens (tertiary/aromatic N) is 4. The molecule has 0 fully saturated rings. The van der Waals surface area contributed by atoms with Crippen LogP contribution in [-0.4, -0.2) is 45.8 Å². The Hall–Kier alpha value is -2.10. The minimum absolute atomic E-state index is 0.0186. The summed E-state index contributed by atoms with van der Waals surface area (Å²) in [5.74, 6) is 0. The maximum atomic E-state index is 5.10. The summed E-state index contributed by atoms with van der Waals surface area (Å²) >= 11 is -0.0501. The van der Waals surface area contributed by atoms with Crippen molar-refractivity contribution >= 4 is 52.0 Å². The van der Waals surface area contributed by atoms with E-state index >= 15 is 0 Å². The van der Waals surface area contributed by atoms with Crippen LogP contribution in [0.3, 0.4) is 0 Å². The van der Waals surface area contributed by atoms with Gasteiger partial charge in [0.15, 0.2) is 0 Å². The molecule has 0 spiro atoms. The molecule has 7 rings (SSSR count). The molecule has 266 valence electrons. The van der Waals surface area contributed by atoms with E-state index in [4.69, 9.17) is 15.9 Å². The fourth-order valence-electron chi connectivity index (χ4n) is 9.33. The summed E-state index contributed by atoms with van der Waals surface area (Å²) < 4.78 is 19.7. The fraction of sp³-hybridized carbons (Fsp3) is 0.591. The van der Waals surface area contributed by atoms with Gasteiger partial charge in [0, 0.05) is 0 Å². The van der Waals surface area contributed by atoms with E-state index in [1.165, 1.54) is 180 Å². The Morgan fingerprint density at radius 2 is 0.980 bits per heavy atom. The molecule has 0 radical (unpaired) electrons. The van der Waals surface area contributed by atoms with Crippen LogP contribution in [0, 0.1) is 0 Å². The number of hydrogen-bond acceptors (Lipinski definition) is 4. The monoisotopic (exact) mass is 802 g/mol. The van der Waals surface area contributed by atoms with Gasteiger partial charge >= 0.3 is 251 Å². The van der Waals surface area contributed by atoms with Crippen LogP contribution in [0.4, 0.5) is 0 Å². The van der Waals surface area contributed by atoms with Crippen molar-refractivity contribution < 1.29 is 0 Å². The van der Waals surface area contributed by atoms with Crippen LogP contribution in [0.1, 0.15) is 177 Å². The first-order chi connectivity index (χ1) is 24.7. The first kappa shape index (κ1) is 36.3. The molecule has 0 saturated heterocycles. The van der Waals surface area contributed by atoms with Gasteiger partial charge in [-0.05, 0) is 0 Å². The van der Waals surface area contributed by atoms with Crippen LogP contribution in [0.2, 0.25) is 0 Å². The van der Waals surface area contributed by atoms with Crippen molar-refractivity contribution in [3.05, 3.63) is 58.7 Å². The zero-order valence-electron chi connectivity index (χ0n) is 30.8. The summed E-state index contributed by atoms with van der Waals surface area (Å²) in [6.45, 7) is 4.63. The Morgan fingerprint density at radius 1 is 0.480 bits per heavy atom. The Labute approximate surface area is 314 Å². The van der Waals surface area contributed by atoms with E-state index in [0.29, 0.717) is 0 Å². The molecular weight excluding hydrogens is 742 g/mol. The van der Waals surface area contributed by atoms with Gasteiger partial charge in [0.1, 0.15) is 0 Å². The minimum atomic E-state index is -0.0315. The topological polar surface area (TPSA) is 51.6 Å². The van der Waals surface area contributed by atoms with Gasteiger partial charge in [-0.25, -0.2) is 0 Å². The summed E-state index contributed by atoms with van der Waals surface area (Å²) in [7, 11) is 0. The quantitative estimate of drug-likeness (QED) is 0.0507. The first-order valence-electron chi connectivity index (χ1n) is 20.4. The van der Waals surface area contributed by atoms with Crippen LogP contribution in [0.5, 0.6) is 0 Å². The van der Waals surface area contributed by atoms with Gasteiger partial charge < -0.3 is 0 Å². The molecule has 0 unspecified atom stereocenters. The number of benzene rings is 3. The molecule has 2 heterocycles. The molecule has 0 atom stereocenters. The van der Waals surface area contributed by atoms with Gasteiger partial charge in [-0.1, -0.05) is 65.2 Å². The third-order valence-electron chi connectivity index (χ3n) is 12.1. The molecule has 0 saturated carbocycles. The van der Waals surface area contributed by atoms with Gasteiger partial charge in [-0.3, -0.25) is 0 Å². The standard InChI is InChI=1S/C44H58N4Se2/c1-3-5-7-9-11-13-15-17-19-21-27-44(28-22-20-18-16-14-12-10-8-6-4-2)36-24-26-39-43(48-50-46-39)41(36)35-30-33-29-32-23-25-38-42(47-49-45-38)40(32)34(33)31-37(35)44/h23-26,30-31H,3-22,27-29H2,1-2H3. The molecule has 3 aromatic carbocycles. The summed E-state index contributed by atoms with van der Waals surface area (Å²) in [5.41, 5.74) is 16.3. The first-order valence-corrected chi connectivity index (χ1v) is 23.5. The van der Waals surface area contributed by atoms with E-state index < -0.39 is 0 Å². The molecule has 0 N–H and O–H groups in total. The SMILES string of the molecule is CCCCCCCCCCCCC1(CCCCCCCCCCCC)c2cc3c(cc2-c2c1ccc1n[se]nc21)Cc1ccc2n[se]nc2c1-3. The van der Waals surface area contributed by atoms with Crippen LogP contribution < -0.4 is 0 Å². The number of rotatable bonds is 22. The second-order valence-electron chi connectivity index (χ2n) is 15.5. The fourth-order valence-corrected chi connectivity index (χ4v) is 11.6. The second-order valence-corrected chi connectivity index (χ2v) is 17.7. The predicted molar refractivity (Wildman–Crippen MR) is 214 cm³/mol. The second kappa shape index (κ2) is 17.6. The molecule has 6 heteroatoms. The van der Waals surface area contributed by atoms with E-state index in [2.05, 4.69) is 50.2 Å². The predicted octanol–water partition coefficient (Wildman–Crippen LogP) is 12.1. The van der Waals surface area contributed by atoms with Crippen LogP contribution >= 0.6 is 0 Å². The van der Waals surface area contributed by atoms with Crippen LogP contribution in [-0.2, 0) is 11.8 Å². The zero-order chi connectivity index (χ0) is 34.2. The summed E-state index contributed by atoms with van der Waals surface area (Å²) in [6, 6.07) is 14.5. The normalized spacial score (nSPS) is 14.0. The third kappa shape index (κ3) is 7.66. The van der Waals surface area contributed by atoms with Crippen molar-refractivity contribution in [1.29, 1.82) is 0 Å². The van der Waals surface area contributed by atoms with Crippen molar-refractivity contribution in [2.45, 2.75) is 167 Å². The Kier molecular flexibility index (Phi) is 12.8. The van der Waals surface area contributed by atoms with Gasteiger partial charge in [0.05, 0.1) is 0 Å².